The van der Waals surface area contributed by atoms with Gasteiger partial charge in [-0.25, -0.2) is 4.79 Å². The third-order valence-corrected chi connectivity index (χ3v) is 9.69. The molecule has 2 saturated heterocycles. The number of nitrogens with zero attached hydrogens (tertiary/aromatic N) is 3. The van der Waals surface area contributed by atoms with E-state index in [4.69, 9.17) is 21.1 Å². The number of hydrogen-bond donors (Lipinski definition) is 2. The van der Waals surface area contributed by atoms with Crippen LogP contribution >= 0.6 is 11.6 Å². The second-order valence-electron chi connectivity index (χ2n) is 12.5. The van der Waals surface area contributed by atoms with Crippen LogP contribution in [-0.2, 0) is 22.5 Å². The summed E-state index contributed by atoms with van der Waals surface area (Å²) >= 11 is 6.13. The van der Waals surface area contributed by atoms with Crippen LogP contribution in [0.25, 0.3) is 22.0 Å². The van der Waals surface area contributed by atoms with Gasteiger partial charge >= 0.3 is 5.97 Å². The zero-order valence-corrected chi connectivity index (χ0v) is 28.0. The Hall–Kier alpha value is -4.83. The van der Waals surface area contributed by atoms with Gasteiger partial charge in [-0.15, -0.1) is 0 Å². The molecule has 0 saturated carbocycles. The van der Waals surface area contributed by atoms with Gasteiger partial charge in [0.05, 0.1) is 13.2 Å². The number of rotatable bonds is 10. The molecule has 7 rings (SSSR count). The van der Waals surface area contributed by atoms with Crippen molar-refractivity contribution in [3.63, 3.8) is 0 Å². The summed E-state index contributed by atoms with van der Waals surface area (Å²) in [5, 5.41) is 11.7. The zero-order chi connectivity index (χ0) is 33.7. The van der Waals surface area contributed by atoms with E-state index in [-0.39, 0.29) is 11.5 Å². The minimum atomic E-state index is -1.05. The number of aryl methyl sites for hydroxylation is 1. The maximum atomic E-state index is 12.7. The Morgan fingerprint density at radius 2 is 1.63 bits per heavy atom. The number of piperazine rings is 1. The molecule has 1 amide bonds. The fraction of sp³-hybridized carbons (Fsp3) is 0.282. The van der Waals surface area contributed by atoms with E-state index >= 15 is 0 Å². The lowest BCUT2D eigenvalue weighted by Gasteiger charge is -2.36. The van der Waals surface area contributed by atoms with Crippen molar-refractivity contribution in [2.75, 3.05) is 57.4 Å². The van der Waals surface area contributed by atoms with Crippen LogP contribution in [0.15, 0.2) is 91.1 Å². The van der Waals surface area contributed by atoms with Gasteiger partial charge in [0.2, 0.25) is 5.91 Å². The summed E-state index contributed by atoms with van der Waals surface area (Å²) in [5.74, 6) is -0.0905. The van der Waals surface area contributed by atoms with Crippen molar-refractivity contribution >= 4 is 40.1 Å². The Morgan fingerprint density at radius 3 is 2.41 bits per heavy atom. The van der Waals surface area contributed by atoms with Crippen LogP contribution in [0.2, 0.25) is 5.02 Å². The van der Waals surface area contributed by atoms with Crippen molar-refractivity contribution in [2.45, 2.75) is 19.4 Å². The number of ether oxygens (including phenoxy) is 2. The van der Waals surface area contributed by atoms with Crippen molar-refractivity contribution in [3.05, 3.63) is 113 Å². The number of carboxylic acid groups (broad SMARTS) is 1. The van der Waals surface area contributed by atoms with Gasteiger partial charge in [-0.2, -0.15) is 0 Å². The van der Waals surface area contributed by atoms with Crippen LogP contribution in [0.4, 0.5) is 5.69 Å². The topological polar surface area (TPSA) is 98.3 Å². The monoisotopic (exact) mass is 678 g/mol. The fourth-order valence-electron chi connectivity index (χ4n) is 6.71. The highest BCUT2D eigenvalue weighted by molar-refractivity contribution is 6.30. The standard InChI is InChI=1S/C39H39ClN4O5/c40-30-8-5-27(6-9-30)33-4-2-1-3-29(33)26-42-15-17-43(18-16-42)31-10-12-34(39(46)47)37(23-31)49-32-11-13-36-35(24-32)28(25-41-36)7-14-38(45)44-19-21-48-22-20-44/h1-6,8-13,23-25,41H,7,14-22,26H2,(H,46,47). The molecule has 10 heteroatoms. The van der Waals surface area contributed by atoms with E-state index in [1.165, 1.54) is 11.1 Å². The van der Waals surface area contributed by atoms with E-state index in [2.05, 4.69) is 51.2 Å². The summed E-state index contributed by atoms with van der Waals surface area (Å²) in [4.78, 5) is 34.8. The van der Waals surface area contributed by atoms with Crippen LogP contribution in [0, 0.1) is 0 Å². The van der Waals surface area contributed by atoms with Gasteiger partial charge in [-0.1, -0.05) is 48.0 Å². The molecule has 1 aromatic heterocycles. The maximum absolute atomic E-state index is 12.7. The van der Waals surface area contributed by atoms with Gasteiger partial charge in [0.25, 0.3) is 0 Å². The molecule has 0 aliphatic carbocycles. The first-order valence-electron chi connectivity index (χ1n) is 16.7. The van der Waals surface area contributed by atoms with E-state index in [1.807, 2.05) is 53.6 Å². The molecule has 0 radical (unpaired) electrons. The summed E-state index contributed by atoms with van der Waals surface area (Å²) < 4.78 is 11.7. The smallest absolute Gasteiger partial charge is 0.339 e. The average Bonchev–Trinajstić information content (AvgIpc) is 3.54. The second-order valence-corrected chi connectivity index (χ2v) is 13.0. The lowest BCUT2D eigenvalue weighted by Crippen LogP contribution is -2.46. The second kappa shape index (κ2) is 14.7. The predicted octanol–water partition coefficient (Wildman–Crippen LogP) is 7.09. The van der Waals surface area contributed by atoms with Gasteiger partial charge in [0.15, 0.2) is 0 Å². The number of aromatic amines is 1. The van der Waals surface area contributed by atoms with Crippen molar-refractivity contribution in [1.29, 1.82) is 0 Å². The van der Waals surface area contributed by atoms with Crippen LogP contribution < -0.4 is 9.64 Å². The Balaban J connectivity index is 1.03. The van der Waals surface area contributed by atoms with Gasteiger partial charge in [-0.3, -0.25) is 9.69 Å². The molecule has 2 aliphatic rings. The minimum Gasteiger partial charge on any atom is -0.478 e. The normalized spacial score (nSPS) is 15.4. The Morgan fingerprint density at radius 1 is 0.857 bits per heavy atom. The van der Waals surface area contributed by atoms with Crippen molar-refractivity contribution < 1.29 is 24.2 Å². The lowest BCUT2D eigenvalue weighted by molar-refractivity contribution is -0.135. The van der Waals surface area contributed by atoms with Crippen LogP contribution in [-0.4, -0.2) is 84.2 Å². The first kappa shape index (κ1) is 32.7. The molecule has 0 spiro atoms. The van der Waals surface area contributed by atoms with Crippen molar-refractivity contribution in [1.82, 2.24) is 14.8 Å². The summed E-state index contributed by atoms with van der Waals surface area (Å²) in [7, 11) is 0. The van der Waals surface area contributed by atoms with E-state index in [9.17, 15) is 14.7 Å². The molecule has 252 valence electrons. The molecular formula is C39H39ClN4O5. The van der Waals surface area contributed by atoms with E-state index in [0.717, 1.165) is 65.5 Å². The number of benzene rings is 4. The molecule has 0 bridgehead atoms. The zero-order valence-electron chi connectivity index (χ0n) is 27.2. The van der Waals surface area contributed by atoms with Crippen molar-refractivity contribution in [2.24, 2.45) is 0 Å². The lowest BCUT2D eigenvalue weighted by atomic mass is 9.99. The van der Waals surface area contributed by atoms with Crippen molar-refractivity contribution in [3.8, 4) is 22.6 Å². The molecule has 2 fully saturated rings. The molecule has 0 atom stereocenters. The van der Waals surface area contributed by atoms with E-state index in [1.54, 1.807) is 6.07 Å². The predicted molar refractivity (Wildman–Crippen MR) is 192 cm³/mol. The molecule has 2 aliphatic heterocycles. The molecule has 0 unspecified atom stereocenters. The largest absolute Gasteiger partial charge is 0.478 e. The Kier molecular flexibility index (Phi) is 9.84. The number of aromatic carboxylic acids is 1. The molecule has 3 heterocycles. The Bertz CT molecular complexity index is 1950. The average molecular weight is 679 g/mol. The van der Waals surface area contributed by atoms with Gasteiger partial charge in [0.1, 0.15) is 17.1 Å². The number of carboxylic acids is 1. The SMILES string of the molecule is O=C(O)c1ccc(N2CCN(Cc3ccccc3-c3ccc(Cl)cc3)CC2)cc1Oc1ccc2[nH]cc(CCC(=O)N3CCOCC3)c2c1. The molecule has 9 nitrogen and oxygen atoms in total. The highest BCUT2D eigenvalue weighted by atomic mass is 35.5. The number of carbonyl (C=O) groups excluding carboxylic acids is 1. The molecular weight excluding hydrogens is 640 g/mol. The number of nitrogens with one attached hydrogen (secondary N) is 1. The number of amides is 1. The molecule has 4 aromatic carbocycles. The first-order chi connectivity index (χ1) is 23.9. The van der Waals surface area contributed by atoms with Crippen LogP contribution in [0.5, 0.6) is 11.5 Å². The van der Waals surface area contributed by atoms with Gasteiger partial charge < -0.3 is 29.4 Å². The quantitative estimate of drug-likeness (QED) is 0.163. The number of fused-ring (bicyclic) bond motifs is 1. The van der Waals surface area contributed by atoms with E-state index < -0.39 is 5.97 Å². The number of hydrogen-bond acceptors (Lipinski definition) is 6. The highest BCUT2D eigenvalue weighted by Gasteiger charge is 2.22. The number of anilines is 1. The number of halogens is 1. The summed E-state index contributed by atoms with van der Waals surface area (Å²) in [6.45, 7) is 6.60. The van der Waals surface area contributed by atoms with Crippen LogP contribution in [0.1, 0.15) is 27.9 Å². The van der Waals surface area contributed by atoms with Gasteiger partial charge in [0, 0.05) is 86.1 Å². The first-order valence-corrected chi connectivity index (χ1v) is 17.1. The summed E-state index contributed by atoms with van der Waals surface area (Å²) in [5.41, 5.74) is 6.60. The fourth-order valence-corrected chi connectivity index (χ4v) is 6.84. The van der Waals surface area contributed by atoms with Crippen LogP contribution in [0.3, 0.4) is 0 Å². The maximum Gasteiger partial charge on any atom is 0.339 e. The number of carbonyl (C=O) groups is 2. The number of H-pyrrole nitrogens is 1. The summed E-state index contributed by atoms with van der Waals surface area (Å²) in [6.07, 6.45) is 2.93. The van der Waals surface area contributed by atoms with E-state index in [0.29, 0.717) is 50.6 Å². The third kappa shape index (κ3) is 7.59. The third-order valence-electron chi connectivity index (χ3n) is 9.44. The molecule has 2 N–H and O–H groups in total. The molecule has 49 heavy (non-hydrogen) atoms. The highest BCUT2D eigenvalue weighted by Crippen LogP contribution is 2.34. The molecule has 5 aromatic rings. The minimum absolute atomic E-state index is 0.103. The number of aromatic nitrogens is 1. The summed E-state index contributed by atoms with van der Waals surface area (Å²) in [6, 6.07) is 27.4. The number of morpholine rings is 1. The van der Waals surface area contributed by atoms with Gasteiger partial charge in [-0.05, 0) is 71.1 Å². The Labute approximate surface area is 290 Å².